The lowest BCUT2D eigenvalue weighted by atomic mass is 9.58. The molecule has 1 fully saturated rings. The van der Waals surface area contributed by atoms with E-state index in [1.54, 1.807) is 0 Å². The third kappa shape index (κ3) is 2.86. The molecule has 1 saturated carbocycles. The van der Waals surface area contributed by atoms with Crippen LogP contribution in [-0.4, -0.2) is 18.7 Å². The molecule has 1 aliphatic carbocycles. The van der Waals surface area contributed by atoms with Gasteiger partial charge in [0.25, 0.3) is 0 Å². The van der Waals surface area contributed by atoms with Crippen LogP contribution in [0.2, 0.25) is 5.02 Å². The van der Waals surface area contributed by atoms with Crippen molar-refractivity contribution in [2.24, 2.45) is 5.41 Å². The first-order valence-corrected chi connectivity index (χ1v) is 8.59. The topological polar surface area (TPSA) is 21.3 Å². The lowest BCUT2D eigenvalue weighted by Crippen LogP contribution is -2.64. The third-order valence-corrected chi connectivity index (χ3v) is 5.52. The van der Waals surface area contributed by atoms with Gasteiger partial charge in [0, 0.05) is 22.4 Å². The van der Waals surface area contributed by atoms with Gasteiger partial charge in [-0.1, -0.05) is 48.3 Å². The molecule has 4 heteroatoms. The van der Waals surface area contributed by atoms with Crippen LogP contribution in [0.25, 0.3) is 0 Å². The maximum absolute atomic E-state index is 6.24. The van der Waals surface area contributed by atoms with Gasteiger partial charge >= 0.3 is 0 Å². The number of rotatable bonds is 6. The third-order valence-electron chi connectivity index (χ3n) is 4.71. The first kappa shape index (κ1) is 16.1. The van der Waals surface area contributed by atoms with E-state index in [0.717, 1.165) is 36.0 Å². The summed E-state index contributed by atoms with van der Waals surface area (Å²) in [4.78, 5) is 0. The van der Waals surface area contributed by atoms with Crippen molar-refractivity contribution < 1.29 is 4.74 Å². The highest BCUT2D eigenvalue weighted by Crippen LogP contribution is 2.49. The number of nitrogens with one attached hydrogen (secondary N) is 1. The molecule has 1 aromatic rings. The summed E-state index contributed by atoms with van der Waals surface area (Å²) in [7, 11) is 0. The van der Waals surface area contributed by atoms with Crippen molar-refractivity contribution in [3.63, 3.8) is 0 Å². The van der Waals surface area contributed by atoms with Crippen molar-refractivity contribution in [3.8, 4) is 5.75 Å². The fourth-order valence-electron chi connectivity index (χ4n) is 3.36. The normalized spacial score (nSPS) is 24.2. The second kappa shape index (κ2) is 6.67. The standard InChI is InChI=1S/C16H23BrClNO/c1-4-16(5-2)14(19-6-3)10-15(16)20-13-9-11(17)7-8-12(13)18/h7-9,14-15,19H,4-6,10H2,1-3H3. The van der Waals surface area contributed by atoms with Crippen molar-refractivity contribution >= 4 is 27.5 Å². The SMILES string of the molecule is CCNC1CC(Oc2cc(Br)ccc2Cl)C1(CC)CC. The van der Waals surface area contributed by atoms with Crippen molar-refractivity contribution in [1.82, 2.24) is 5.32 Å². The number of hydrogen-bond acceptors (Lipinski definition) is 2. The van der Waals surface area contributed by atoms with Crippen LogP contribution in [0, 0.1) is 5.41 Å². The largest absolute Gasteiger partial charge is 0.488 e. The van der Waals surface area contributed by atoms with Crippen molar-refractivity contribution in [1.29, 1.82) is 0 Å². The van der Waals surface area contributed by atoms with Gasteiger partial charge in [-0.15, -0.1) is 0 Å². The van der Waals surface area contributed by atoms with E-state index in [4.69, 9.17) is 16.3 Å². The van der Waals surface area contributed by atoms with Gasteiger partial charge in [0.05, 0.1) is 5.02 Å². The summed E-state index contributed by atoms with van der Waals surface area (Å²) in [5.41, 5.74) is 0.224. The summed E-state index contributed by atoms with van der Waals surface area (Å²) in [6.45, 7) is 7.68. The number of benzene rings is 1. The van der Waals surface area contributed by atoms with Crippen LogP contribution in [0.15, 0.2) is 22.7 Å². The predicted octanol–water partition coefficient (Wildman–Crippen LogP) is 5.04. The average Bonchev–Trinajstić information content (AvgIpc) is 2.43. The Balaban J connectivity index is 2.15. The molecule has 0 amide bonds. The Bertz CT molecular complexity index is 462. The first-order chi connectivity index (χ1) is 9.57. The zero-order chi connectivity index (χ0) is 14.8. The van der Waals surface area contributed by atoms with Crippen molar-refractivity contribution in [2.75, 3.05) is 6.54 Å². The maximum Gasteiger partial charge on any atom is 0.139 e. The molecule has 2 atom stereocenters. The summed E-state index contributed by atoms with van der Waals surface area (Å²) >= 11 is 9.71. The minimum atomic E-state index is 0.224. The molecule has 0 saturated heterocycles. The van der Waals surface area contributed by atoms with Crippen LogP contribution in [-0.2, 0) is 0 Å². The van der Waals surface area contributed by atoms with Crippen LogP contribution in [0.5, 0.6) is 5.75 Å². The summed E-state index contributed by atoms with van der Waals surface area (Å²) in [6.07, 6.45) is 3.54. The van der Waals surface area contributed by atoms with Crippen LogP contribution in [0.3, 0.4) is 0 Å². The zero-order valence-corrected chi connectivity index (χ0v) is 14.7. The quantitative estimate of drug-likeness (QED) is 0.767. The number of ether oxygens (including phenoxy) is 1. The van der Waals surface area contributed by atoms with Crippen molar-refractivity contribution in [3.05, 3.63) is 27.7 Å². The fourth-order valence-corrected chi connectivity index (χ4v) is 3.87. The molecule has 2 unspecified atom stereocenters. The molecule has 1 aromatic carbocycles. The lowest BCUT2D eigenvalue weighted by Gasteiger charge is -2.55. The van der Waals surface area contributed by atoms with E-state index in [1.165, 1.54) is 0 Å². The Hall–Kier alpha value is -0.250. The molecule has 1 aliphatic rings. The predicted molar refractivity (Wildman–Crippen MR) is 88.7 cm³/mol. The van der Waals surface area contributed by atoms with Crippen LogP contribution in [0.4, 0.5) is 0 Å². The van der Waals surface area contributed by atoms with Gasteiger partial charge in [-0.3, -0.25) is 0 Å². The van der Waals surface area contributed by atoms with E-state index in [9.17, 15) is 0 Å². The van der Waals surface area contributed by atoms with Gasteiger partial charge in [-0.2, -0.15) is 0 Å². The Morgan fingerprint density at radius 3 is 2.65 bits per heavy atom. The van der Waals surface area contributed by atoms with E-state index >= 15 is 0 Å². The Labute approximate surface area is 135 Å². The van der Waals surface area contributed by atoms with E-state index < -0.39 is 0 Å². The summed E-state index contributed by atoms with van der Waals surface area (Å²) in [5, 5.41) is 4.28. The van der Waals surface area contributed by atoms with Crippen molar-refractivity contribution in [2.45, 2.75) is 52.2 Å². The molecule has 0 aromatic heterocycles. The Morgan fingerprint density at radius 1 is 1.35 bits per heavy atom. The van der Waals surface area contributed by atoms with Crippen LogP contribution < -0.4 is 10.1 Å². The van der Waals surface area contributed by atoms with E-state index in [2.05, 4.69) is 42.0 Å². The molecule has 1 N–H and O–H groups in total. The number of hydrogen-bond donors (Lipinski definition) is 1. The zero-order valence-electron chi connectivity index (χ0n) is 12.4. The van der Waals surface area contributed by atoms with Gasteiger partial charge in [0.15, 0.2) is 0 Å². The molecule has 0 bridgehead atoms. The molecule has 20 heavy (non-hydrogen) atoms. The maximum atomic E-state index is 6.24. The van der Waals surface area contributed by atoms with Gasteiger partial charge in [0.2, 0.25) is 0 Å². The minimum absolute atomic E-state index is 0.224. The van der Waals surface area contributed by atoms with E-state index in [-0.39, 0.29) is 11.5 Å². The van der Waals surface area contributed by atoms with E-state index in [0.29, 0.717) is 11.1 Å². The van der Waals surface area contributed by atoms with Crippen LogP contribution in [0.1, 0.15) is 40.0 Å². The first-order valence-electron chi connectivity index (χ1n) is 7.42. The molecular formula is C16H23BrClNO. The Morgan fingerprint density at radius 2 is 2.05 bits per heavy atom. The molecule has 0 heterocycles. The highest BCUT2D eigenvalue weighted by Gasteiger charge is 2.53. The molecule has 2 rings (SSSR count). The van der Waals surface area contributed by atoms with Gasteiger partial charge in [-0.05, 0) is 37.6 Å². The Kier molecular flexibility index (Phi) is 5.38. The van der Waals surface area contributed by atoms with Gasteiger partial charge < -0.3 is 10.1 Å². The lowest BCUT2D eigenvalue weighted by molar-refractivity contribution is -0.0854. The molecule has 0 spiro atoms. The monoisotopic (exact) mass is 359 g/mol. The average molecular weight is 361 g/mol. The molecule has 0 radical (unpaired) electrons. The number of halogens is 2. The summed E-state index contributed by atoms with van der Waals surface area (Å²) < 4.78 is 7.23. The summed E-state index contributed by atoms with van der Waals surface area (Å²) in [5.74, 6) is 0.785. The van der Waals surface area contributed by atoms with Crippen LogP contribution >= 0.6 is 27.5 Å². The molecule has 0 aliphatic heterocycles. The van der Waals surface area contributed by atoms with E-state index in [1.807, 2.05) is 18.2 Å². The minimum Gasteiger partial charge on any atom is -0.488 e. The second-order valence-corrected chi connectivity index (χ2v) is 6.79. The summed E-state index contributed by atoms with van der Waals surface area (Å²) in [6, 6.07) is 6.32. The highest BCUT2D eigenvalue weighted by atomic mass is 79.9. The smallest absolute Gasteiger partial charge is 0.139 e. The van der Waals surface area contributed by atoms with Gasteiger partial charge in [-0.25, -0.2) is 0 Å². The van der Waals surface area contributed by atoms with Gasteiger partial charge in [0.1, 0.15) is 11.9 Å². The fraction of sp³-hybridized carbons (Fsp3) is 0.625. The second-order valence-electron chi connectivity index (χ2n) is 5.47. The molecule has 112 valence electrons. The highest BCUT2D eigenvalue weighted by molar-refractivity contribution is 9.10. The molecular weight excluding hydrogens is 338 g/mol. The molecule has 2 nitrogen and oxygen atoms in total.